The molecule has 22 heavy (non-hydrogen) atoms. The Hall–Kier alpha value is -2.35. The Morgan fingerprint density at radius 1 is 1.45 bits per heavy atom. The van der Waals surface area contributed by atoms with Crippen LogP contribution in [0, 0.1) is 0 Å². The summed E-state index contributed by atoms with van der Waals surface area (Å²) >= 11 is 0. The zero-order chi connectivity index (χ0) is 15.9. The highest BCUT2D eigenvalue weighted by Gasteiger charge is 2.50. The van der Waals surface area contributed by atoms with E-state index in [9.17, 15) is 9.59 Å². The molecule has 1 aliphatic heterocycles. The van der Waals surface area contributed by atoms with Crippen molar-refractivity contribution in [3.05, 3.63) is 55.2 Å². The summed E-state index contributed by atoms with van der Waals surface area (Å²) in [5, 5.41) is 3.56. The Morgan fingerprint density at radius 2 is 2.23 bits per heavy atom. The molecule has 2 heterocycles. The van der Waals surface area contributed by atoms with E-state index in [1.807, 2.05) is 0 Å². The van der Waals surface area contributed by atoms with Crippen LogP contribution in [0.5, 0.6) is 0 Å². The third kappa shape index (κ3) is 2.45. The highest BCUT2D eigenvalue weighted by atomic mass is 16.8. The minimum atomic E-state index is -0.796. The van der Waals surface area contributed by atoms with Crippen molar-refractivity contribution in [2.75, 3.05) is 6.54 Å². The number of H-pyrrole nitrogens is 1. The van der Waals surface area contributed by atoms with E-state index in [1.54, 1.807) is 19.9 Å². The number of fused-ring (bicyclic) bond motifs is 1. The molecule has 3 rings (SSSR count). The first-order valence-corrected chi connectivity index (χ1v) is 6.80. The number of nitrogens with zero attached hydrogens (tertiary/aromatic N) is 4. The molecule has 1 fully saturated rings. The molecule has 116 valence electrons. The van der Waals surface area contributed by atoms with Crippen molar-refractivity contribution in [1.29, 1.82) is 0 Å². The lowest BCUT2D eigenvalue weighted by Crippen LogP contribution is -2.37. The quantitative estimate of drug-likeness (QED) is 0.385. The van der Waals surface area contributed by atoms with Gasteiger partial charge >= 0.3 is 5.69 Å². The largest absolute Gasteiger partial charge is 0.342 e. The van der Waals surface area contributed by atoms with Gasteiger partial charge in [-0.2, -0.15) is 0 Å². The summed E-state index contributed by atoms with van der Waals surface area (Å²) in [7, 11) is 0. The Balaban J connectivity index is 2.02. The van der Waals surface area contributed by atoms with Crippen LogP contribution in [-0.2, 0) is 9.47 Å². The summed E-state index contributed by atoms with van der Waals surface area (Å²) in [5.41, 5.74) is 8.27. The molecule has 9 heteroatoms. The number of hydrogen-bond donors (Lipinski definition) is 1. The number of hydrogen-bond acceptors (Lipinski definition) is 5. The number of aromatic amines is 1. The van der Waals surface area contributed by atoms with Gasteiger partial charge in [0, 0.05) is 23.7 Å². The maximum absolute atomic E-state index is 12.0. The molecule has 0 unspecified atom stereocenters. The average molecular weight is 305 g/mol. The third-order valence-corrected chi connectivity index (χ3v) is 3.70. The summed E-state index contributed by atoms with van der Waals surface area (Å²) in [6, 6.07) is 0.844. The lowest BCUT2D eigenvalue weighted by Gasteiger charge is -2.21. The van der Waals surface area contributed by atoms with E-state index >= 15 is 0 Å². The molecule has 0 radical (unpaired) electrons. The second kappa shape index (κ2) is 5.13. The molecule has 1 saturated heterocycles. The molecule has 1 N–H and O–H groups in total. The second-order valence-electron chi connectivity index (χ2n) is 5.66. The van der Waals surface area contributed by atoms with Gasteiger partial charge in [0.25, 0.3) is 5.56 Å². The molecule has 1 aromatic heterocycles. The average Bonchev–Trinajstić information content (AvgIpc) is 2.91. The topological polar surface area (TPSA) is 122 Å². The minimum absolute atomic E-state index is 0.145. The van der Waals surface area contributed by atoms with Crippen LogP contribution < -0.4 is 11.2 Å². The Bertz CT molecular complexity index is 786. The molecule has 3 atom stereocenters. The Kier molecular flexibility index (Phi) is 3.40. The highest BCUT2D eigenvalue weighted by molar-refractivity contribution is 5.27. The van der Waals surface area contributed by atoms with E-state index in [2.05, 4.69) is 15.0 Å². The van der Waals surface area contributed by atoms with Crippen LogP contribution in [0.4, 0.5) is 0 Å². The highest BCUT2D eigenvalue weighted by Crippen LogP contribution is 2.42. The molecule has 0 saturated carbocycles. The van der Waals surface area contributed by atoms with Gasteiger partial charge in [-0.05, 0) is 25.0 Å². The van der Waals surface area contributed by atoms with Crippen LogP contribution in [0.25, 0.3) is 10.4 Å². The molecule has 9 nitrogen and oxygen atoms in total. The number of rotatable bonds is 3. The van der Waals surface area contributed by atoms with Crippen LogP contribution in [0.1, 0.15) is 19.9 Å². The minimum Gasteiger partial charge on any atom is -0.342 e. The van der Waals surface area contributed by atoms with Gasteiger partial charge in [0.1, 0.15) is 12.2 Å². The maximum atomic E-state index is 12.0. The van der Waals surface area contributed by atoms with Crippen molar-refractivity contribution in [1.82, 2.24) is 9.55 Å². The van der Waals surface area contributed by atoms with E-state index in [0.717, 1.165) is 5.57 Å². The van der Waals surface area contributed by atoms with E-state index in [1.165, 1.54) is 16.8 Å². The molecule has 1 aliphatic carbocycles. The van der Waals surface area contributed by atoms with E-state index in [-0.39, 0.29) is 12.6 Å². The predicted octanol–water partition coefficient (Wildman–Crippen LogP) is 0.848. The van der Waals surface area contributed by atoms with Gasteiger partial charge in [-0.3, -0.25) is 14.3 Å². The first-order chi connectivity index (χ1) is 10.4. The van der Waals surface area contributed by atoms with Gasteiger partial charge < -0.3 is 9.47 Å². The second-order valence-corrected chi connectivity index (χ2v) is 5.66. The van der Waals surface area contributed by atoms with Crippen molar-refractivity contribution in [3.8, 4) is 0 Å². The predicted molar refractivity (Wildman–Crippen MR) is 76.3 cm³/mol. The third-order valence-electron chi connectivity index (χ3n) is 3.70. The molecule has 0 spiro atoms. The van der Waals surface area contributed by atoms with E-state index in [0.29, 0.717) is 0 Å². The van der Waals surface area contributed by atoms with Crippen LogP contribution in [0.2, 0.25) is 0 Å². The number of ether oxygens (including phenoxy) is 2. The number of aromatic nitrogens is 2. The molecular formula is C13H15N5O4. The van der Waals surface area contributed by atoms with Crippen LogP contribution in [0.3, 0.4) is 0 Å². The van der Waals surface area contributed by atoms with Gasteiger partial charge in [-0.15, -0.1) is 0 Å². The fraction of sp³-hybridized carbons (Fsp3) is 0.538. The SMILES string of the molecule is CC1(C)O[C@@H]2[C@H](O1)C(CN=[N+]=[N-])=C[C@H]2n1ccc(=O)[nH]c1=O. The van der Waals surface area contributed by atoms with Crippen molar-refractivity contribution in [3.63, 3.8) is 0 Å². The van der Waals surface area contributed by atoms with E-state index in [4.69, 9.17) is 15.0 Å². The normalized spacial score (nSPS) is 28.8. The molecule has 2 aliphatic rings. The summed E-state index contributed by atoms with van der Waals surface area (Å²) < 4.78 is 13.1. The van der Waals surface area contributed by atoms with Crippen LogP contribution in [0.15, 0.2) is 38.6 Å². The van der Waals surface area contributed by atoms with Gasteiger partial charge in [-0.25, -0.2) is 4.79 Å². The molecule has 0 amide bonds. The lowest BCUT2D eigenvalue weighted by atomic mass is 10.1. The summed E-state index contributed by atoms with van der Waals surface area (Å²) in [6.45, 7) is 3.71. The lowest BCUT2D eigenvalue weighted by molar-refractivity contribution is -0.148. The molecule has 0 bridgehead atoms. The maximum Gasteiger partial charge on any atom is 0.328 e. The number of azide groups is 1. The van der Waals surface area contributed by atoms with E-state index < -0.39 is 29.2 Å². The molecule has 0 aromatic carbocycles. The fourth-order valence-corrected chi connectivity index (χ4v) is 2.89. The zero-order valence-corrected chi connectivity index (χ0v) is 12.1. The van der Waals surface area contributed by atoms with Gasteiger partial charge in [0.05, 0.1) is 6.04 Å². The first kappa shape index (κ1) is 14.6. The smallest absolute Gasteiger partial charge is 0.328 e. The molecule has 1 aromatic rings. The van der Waals surface area contributed by atoms with Crippen molar-refractivity contribution < 1.29 is 9.47 Å². The molecular weight excluding hydrogens is 290 g/mol. The van der Waals surface area contributed by atoms with Crippen molar-refractivity contribution in [2.45, 2.75) is 37.9 Å². The summed E-state index contributed by atoms with van der Waals surface area (Å²) in [5.74, 6) is -0.796. The summed E-state index contributed by atoms with van der Waals surface area (Å²) in [4.78, 5) is 28.2. The van der Waals surface area contributed by atoms with Gasteiger partial charge in [0.15, 0.2) is 5.79 Å². The summed E-state index contributed by atoms with van der Waals surface area (Å²) in [6.07, 6.45) is 2.41. The fourth-order valence-electron chi connectivity index (χ4n) is 2.89. The van der Waals surface area contributed by atoms with Crippen molar-refractivity contribution in [2.24, 2.45) is 5.11 Å². The zero-order valence-electron chi connectivity index (χ0n) is 12.1. The number of nitrogens with one attached hydrogen (secondary N) is 1. The first-order valence-electron chi connectivity index (χ1n) is 6.80. The van der Waals surface area contributed by atoms with Gasteiger partial charge in [-0.1, -0.05) is 11.2 Å². The van der Waals surface area contributed by atoms with Crippen LogP contribution in [-0.4, -0.2) is 34.1 Å². The standard InChI is InChI=1S/C13H15N5O4/c1-13(2)21-10-7(6-15-17-14)5-8(11(10)22-13)18-4-3-9(19)16-12(18)20/h3-5,8,10-11H,6H2,1-2H3,(H,16,19,20)/t8-,10-,11+/m1/s1. The van der Waals surface area contributed by atoms with Gasteiger partial charge in [0.2, 0.25) is 0 Å². The van der Waals surface area contributed by atoms with Crippen molar-refractivity contribution >= 4 is 0 Å². The Labute approximate surface area is 124 Å². The van der Waals surface area contributed by atoms with Crippen LogP contribution >= 0.6 is 0 Å². The Morgan fingerprint density at radius 3 is 2.91 bits per heavy atom. The monoisotopic (exact) mass is 305 g/mol.